The Labute approximate surface area is 65.7 Å². The fourth-order valence-corrected chi connectivity index (χ4v) is 0.793. The first-order valence-electron chi connectivity index (χ1n) is 3.73. The minimum atomic E-state index is -0.298. The van der Waals surface area contributed by atoms with Crippen LogP contribution >= 0.6 is 0 Å². The fourth-order valence-electron chi connectivity index (χ4n) is 0.793. The molecule has 1 rings (SSSR count). The molecule has 0 spiro atoms. The molecule has 4 nitrogen and oxygen atoms in total. The van der Waals surface area contributed by atoms with Gasteiger partial charge in [0.2, 0.25) is 0 Å². The van der Waals surface area contributed by atoms with Crippen molar-refractivity contribution >= 4 is 0 Å². The van der Waals surface area contributed by atoms with Crippen LogP contribution in [0.1, 0.15) is 19.7 Å². The van der Waals surface area contributed by atoms with Gasteiger partial charge in [-0.05, 0) is 12.8 Å². The largest absolute Gasteiger partial charge is 0.393 e. The van der Waals surface area contributed by atoms with E-state index in [1.54, 1.807) is 13.3 Å². The highest BCUT2D eigenvalue weighted by molar-refractivity contribution is 4.83. The molecule has 0 saturated carbocycles. The molecule has 0 aliphatic rings. The van der Waals surface area contributed by atoms with Gasteiger partial charge in [0.25, 0.3) is 0 Å². The van der Waals surface area contributed by atoms with Gasteiger partial charge in [0.1, 0.15) is 6.33 Å². The summed E-state index contributed by atoms with van der Waals surface area (Å²) in [5, 5.41) is 15.7. The van der Waals surface area contributed by atoms with E-state index >= 15 is 0 Å². The van der Waals surface area contributed by atoms with Crippen LogP contribution in [0.25, 0.3) is 0 Å². The number of aliphatic hydroxyl groups excluding tert-OH is 1. The number of aliphatic hydroxyl groups is 1. The number of H-pyrrole nitrogens is 1. The third kappa shape index (κ3) is 2.31. The van der Waals surface area contributed by atoms with Crippen LogP contribution in [0.3, 0.4) is 0 Å². The first kappa shape index (κ1) is 8.20. The summed E-state index contributed by atoms with van der Waals surface area (Å²) in [5.41, 5.74) is 0. The molecule has 0 aromatic carbocycles. The van der Waals surface area contributed by atoms with Crippen LogP contribution in [-0.2, 0) is 6.42 Å². The average molecular weight is 155 g/mol. The predicted molar refractivity (Wildman–Crippen MR) is 40.9 cm³/mol. The van der Waals surface area contributed by atoms with Gasteiger partial charge in [-0.25, -0.2) is 4.98 Å². The maximum atomic E-state index is 9.15. The summed E-state index contributed by atoms with van der Waals surface area (Å²) in [6, 6.07) is 0. The number of hydrogen-bond donors (Lipinski definition) is 2. The molecule has 2 N–H and O–H groups in total. The van der Waals surface area contributed by atoms with Crippen molar-refractivity contribution in [2.75, 3.05) is 0 Å². The van der Waals surface area contributed by atoms with E-state index < -0.39 is 0 Å². The number of aromatic amines is 1. The molecule has 1 aromatic rings. The van der Waals surface area contributed by atoms with E-state index in [-0.39, 0.29) is 12.0 Å². The van der Waals surface area contributed by atoms with E-state index in [9.17, 15) is 0 Å². The fraction of sp³-hybridized carbons (Fsp3) is 0.714. The molecule has 0 amide bonds. The van der Waals surface area contributed by atoms with Gasteiger partial charge in [-0.3, -0.25) is 5.10 Å². The van der Waals surface area contributed by atoms with Crippen LogP contribution in [0.15, 0.2) is 6.33 Å². The lowest BCUT2D eigenvalue weighted by molar-refractivity contribution is 0.134. The molecule has 62 valence electrons. The van der Waals surface area contributed by atoms with Crippen molar-refractivity contribution in [2.45, 2.75) is 26.4 Å². The monoisotopic (exact) mass is 155 g/mol. The molecule has 0 saturated heterocycles. The third-order valence-electron chi connectivity index (χ3n) is 1.79. The van der Waals surface area contributed by atoms with E-state index in [1.165, 1.54) is 0 Å². The van der Waals surface area contributed by atoms with Crippen molar-refractivity contribution in [1.29, 1.82) is 0 Å². The summed E-state index contributed by atoms with van der Waals surface area (Å²) in [7, 11) is 0. The lowest BCUT2D eigenvalue weighted by Crippen LogP contribution is -2.16. The van der Waals surface area contributed by atoms with Gasteiger partial charge in [-0.1, -0.05) is 6.92 Å². The van der Waals surface area contributed by atoms with E-state index in [4.69, 9.17) is 5.11 Å². The Morgan fingerprint density at radius 1 is 1.64 bits per heavy atom. The van der Waals surface area contributed by atoms with Crippen molar-refractivity contribution in [1.82, 2.24) is 15.2 Å². The van der Waals surface area contributed by atoms with Crippen LogP contribution in [0.4, 0.5) is 0 Å². The number of nitrogens with zero attached hydrogens (tertiary/aromatic N) is 2. The SMILES string of the molecule is CC(O)C(C)Cc1nc[nH]n1. The summed E-state index contributed by atoms with van der Waals surface area (Å²) in [6.45, 7) is 3.75. The van der Waals surface area contributed by atoms with Gasteiger partial charge in [0.15, 0.2) is 5.82 Å². The second-order valence-corrected chi connectivity index (χ2v) is 2.84. The molecule has 11 heavy (non-hydrogen) atoms. The molecule has 0 fully saturated rings. The minimum absolute atomic E-state index is 0.214. The van der Waals surface area contributed by atoms with Crippen molar-refractivity contribution < 1.29 is 5.11 Å². The summed E-state index contributed by atoms with van der Waals surface area (Å²) in [6.07, 6.45) is 1.97. The van der Waals surface area contributed by atoms with Crippen molar-refractivity contribution in [2.24, 2.45) is 5.92 Å². The Balaban J connectivity index is 2.43. The molecule has 1 heterocycles. The summed E-state index contributed by atoms with van der Waals surface area (Å²) in [4.78, 5) is 3.96. The summed E-state index contributed by atoms with van der Waals surface area (Å²) in [5.74, 6) is 0.976. The number of nitrogens with one attached hydrogen (secondary N) is 1. The average Bonchev–Trinajstić information content (AvgIpc) is 2.39. The normalized spacial score (nSPS) is 16.3. The van der Waals surface area contributed by atoms with E-state index in [0.717, 1.165) is 12.2 Å². The van der Waals surface area contributed by atoms with Crippen LogP contribution < -0.4 is 0 Å². The first-order chi connectivity index (χ1) is 5.20. The molecular weight excluding hydrogens is 142 g/mol. The first-order valence-corrected chi connectivity index (χ1v) is 3.73. The van der Waals surface area contributed by atoms with Crippen molar-refractivity contribution in [3.05, 3.63) is 12.2 Å². The molecule has 0 aliphatic heterocycles. The highest BCUT2D eigenvalue weighted by Crippen LogP contribution is 2.06. The van der Waals surface area contributed by atoms with Gasteiger partial charge >= 0.3 is 0 Å². The van der Waals surface area contributed by atoms with Gasteiger partial charge < -0.3 is 5.11 Å². The van der Waals surface area contributed by atoms with Crippen molar-refractivity contribution in [3.63, 3.8) is 0 Å². The zero-order chi connectivity index (χ0) is 8.27. The molecule has 0 bridgehead atoms. The molecule has 1 aromatic heterocycles. The predicted octanol–water partition coefficient (Wildman–Crippen LogP) is 0.364. The molecule has 2 unspecified atom stereocenters. The van der Waals surface area contributed by atoms with Crippen LogP contribution in [0.5, 0.6) is 0 Å². The Bertz CT molecular complexity index is 195. The summed E-state index contributed by atoms with van der Waals surface area (Å²) < 4.78 is 0. The van der Waals surface area contributed by atoms with E-state index in [1.807, 2.05) is 6.92 Å². The zero-order valence-corrected chi connectivity index (χ0v) is 6.78. The maximum absolute atomic E-state index is 9.15. The zero-order valence-electron chi connectivity index (χ0n) is 6.78. The Kier molecular flexibility index (Phi) is 2.59. The number of hydrogen-bond acceptors (Lipinski definition) is 3. The second-order valence-electron chi connectivity index (χ2n) is 2.84. The van der Waals surface area contributed by atoms with Gasteiger partial charge in [0.05, 0.1) is 6.10 Å². The second kappa shape index (κ2) is 3.48. The molecule has 0 aliphatic carbocycles. The molecule has 4 heteroatoms. The lowest BCUT2D eigenvalue weighted by Gasteiger charge is -2.11. The molecule has 2 atom stereocenters. The minimum Gasteiger partial charge on any atom is -0.393 e. The smallest absolute Gasteiger partial charge is 0.150 e. The van der Waals surface area contributed by atoms with Crippen molar-refractivity contribution in [3.8, 4) is 0 Å². The Morgan fingerprint density at radius 3 is 2.82 bits per heavy atom. The number of aromatic nitrogens is 3. The highest BCUT2D eigenvalue weighted by atomic mass is 16.3. The highest BCUT2D eigenvalue weighted by Gasteiger charge is 2.10. The van der Waals surface area contributed by atoms with E-state index in [0.29, 0.717) is 0 Å². The van der Waals surface area contributed by atoms with Gasteiger partial charge in [0, 0.05) is 6.42 Å². The molecular formula is C7H13N3O. The maximum Gasteiger partial charge on any atom is 0.150 e. The Hall–Kier alpha value is -0.900. The standard InChI is InChI=1S/C7H13N3O/c1-5(6(2)11)3-7-8-4-9-10-7/h4-6,11H,3H2,1-2H3,(H,8,9,10). The van der Waals surface area contributed by atoms with E-state index in [2.05, 4.69) is 15.2 Å². The van der Waals surface area contributed by atoms with Gasteiger partial charge in [-0.15, -0.1) is 0 Å². The van der Waals surface area contributed by atoms with Gasteiger partial charge in [-0.2, -0.15) is 5.10 Å². The summed E-state index contributed by atoms with van der Waals surface area (Å²) >= 11 is 0. The van der Waals surface area contributed by atoms with Crippen LogP contribution in [0.2, 0.25) is 0 Å². The van der Waals surface area contributed by atoms with Crippen LogP contribution in [-0.4, -0.2) is 26.4 Å². The van der Waals surface area contributed by atoms with Crippen LogP contribution in [0, 0.1) is 5.92 Å². The lowest BCUT2D eigenvalue weighted by atomic mass is 10.0. The topological polar surface area (TPSA) is 61.8 Å². The Morgan fingerprint density at radius 2 is 2.36 bits per heavy atom. The number of rotatable bonds is 3. The molecule has 0 radical (unpaired) electrons. The quantitative estimate of drug-likeness (QED) is 0.662. The third-order valence-corrected chi connectivity index (χ3v) is 1.79.